The minimum Gasteiger partial charge on any atom is -0.334 e. The summed E-state index contributed by atoms with van der Waals surface area (Å²) < 4.78 is 0. The number of carbonyl (C=O) groups is 1. The minimum absolute atomic E-state index is 0.149. The van der Waals surface area contributed by atoms with Crippen LogP contribution in [0.3, 0.4) is 0 Å². The van der Waals surface area contributed by atoms with Crippen molar-refractivity contribution in [2.75, 3.05) is 6.54 Å². The molecule has 0 bridgehead atoms. The number of pyridine rings is 1. The Balaban J connectivity index is 1.51. The molecule has 0 saturated carbocycles. The van der Waals surface area contributed by atoms with Crippen LogP contribution in [0, 0.1) is 13.8 Å². The lowest BCUT2D eigenvalue weighted by Crippen LogP contribution is -2.40. The highest BCUT2D eigenvalue weighted by atomic mass is 16.2. The van der Waals surface area contributed by atoms with Gasteiger partial charge < -0.3 is 10.6 Å². The van der Waals surface area contributed by atoms with Crippen molar-refractivity contribution in [2.45, 2.75) is 58.5 Å². The second kappa shape index (κ2) is 7.58. The number of aryl methyl sites for hydroxylation is 3. The van der Waals surface area contributed by atoms with E-state index in [1.165, 1.54) is 16.7 Å². The van der Waals surface area contributed by atoms with Crippen LogP contribution in [-0.4, -0.2) is 27.9 Å². The largest absolute Gasteiger partial charge is 0.334 e. The van der Waals surface area contributed by atoms with E-state index in [1.807, 2.05) is 23.4 Å². The predicted molar refractivity (Wildman–Crippen MR) is 105 cm³/mol. The predicted octanol–water partition coefficient (Wildman–Crippen LogP) is 3.78. The standard InChI is InChI=1S/C22H29N3O/c1-16-13-19-15-25(21(26)20(19)14-17(16)2)12-9-22(3,23)8-4-5-18-6-10-24-11-7-18/h6-7,10-11,13-14H,4-5,8-9,12,15,23H2,1-3H3. The zero-order chi connectivity index (χ0) is 18.7. The number of nitrogens with zero attached hydrogens (tertiary/aromatic N) is 2. The molecule has 1 aliphatic heterocycles. The Kier molecular flexibility index (Phi) is 5.42. The molecule has 0 fully saturated rings. The Bertz CT molecular complexity index is 783. The van der Waals surface area contributed by atoms with Gasteiger partial charge in [0.15, 0.2) is 0 Å². The smallest absolute Gasteiger partial charge is 0.254 e. The maximum Gasteiger partial charge on any atom is 0.254 e. The summed E-state index contributed by atoms with van der Waals surface area (Å²) in [5, 5.41) is 0. The molecule has 3 rings (SSSR count). The normalized spacial score (nSPS) is 15.8. The fourth-order valence-electron chi connectivity index (χ4n) is 3.60. The summed E-state index contributed by atoms with van der Waals surface area (Å²) in [4.78, 5) is 18.6. The molecular formula is C22H29N3O. The van der Waals surface area contributed by atoms with E-state index < -0.39 is 0 Å². The molecule has 0 radical (unpaired) electrons. The summed E-state index contributed by atoms with van der Waals surface area (Å²) in [5.41, 5.74) is 12.0. The van der Waals surface area contributed by atoms with E-state index in [1.54, 1.807) is 0 Å². The van der Waals surface area contributed by atoms with Gasteiger partial charge in [0, 0.05) is 36.6 Å². The highest BCUT2D eigenvalue weighted by Gasteiger charge is 2.29. The molecular weight excluding hydrogens is 322 g/mol. The molecule has 4 nitrogen and oxygen atoms in total. The fraction of sp³-hybridized carbons (Fsp3) is 0.455. The second-order valence-corrected chi connectivity index (χ2v) is 7.93. The highest BCUT2D eigenvalue weighted by Crippen LogP contribution is 2.27. The van der Waals surface area contributed by atoms with Crippen molar-refractivity contribution in [2.24, 2.45) is 5.73 Å². The van der Waals surface area contributed by atoms with Crippen molar-refractivity contribution in [1.29, 1.82) is 0 Å². The zero-order valence-electron chi connectivity index (χ0n) is 16.1. The number of fused-ring (bicyclic) bond motifs is 1. The van der Waals surface area contributed by atoms with Gasteiger partial charge in [-0.1, -0.05) is 6.07 Å². The number of hydrogen-bond donors (Lipinski definition) is 1. The molecule has 1 aliphatic rings. The van der Waals surface area contributed by atoms with E-state index in [9.17, 15) is 4.79 Å². The zero-order valence-corrected chi connectivity index (χ0v) is 16.1. The summed E-state index contributed by atoms with van der Waals surface area (Å²) >= 11 is 0. The van der Waals surface area contributed by atoms with Crippen molar-refractivity contribution < 1.29 is 4.79 Å². The first-order chi connectivity index (χ1) is 12.4. The number of rotatable bonds is 7. The van der Waals surface area contributed by atoms with E-state index in [0.29, 0.717) is 13.1 Å². The number of nitrogens with two attached hydrogens (primary N) is 1. The van der Waals surface area contributed by atoms with Crippen molar-refractivity contribution in [3.05, 3.63) is 64.5 Å². The topological polar surface area (TPSA) is 59.2 Å². The molecule has 1 aromatic heterocycles. The number of carbonyl (C=O) groups excluding carboxylic acids is 1. The van der Waals surface area contributed by atoms with Gasteiger partial charge in [-0.2, -0.15) is 0 Å². The Morgan fingerprint density at radius 3 is 2.58 bits per heavy atom. The third kappa shape index (κ3) is 4.31. The van der Waals surface area contributed by atoms with Gasteiger partial charge in [0.25, 0.3) is 5.91 Å². The van der Waals surface area contributed by atoms with Gasteiger partial charge >= 0.3 is 0 Å². The molecule has 1 aromatic carbocycles. The lowest BCUT2D eigenvalue weighted by molar-refractivity contribution is 0.0766. The maximum atomic E-state index is 12.7. The van der Waals surface area contributed by atoms with Gasteiger partial charge in [-0.15, -0.1) is 0 Å². The number of benzene rings is 1. The molecule has 0 spiro atoms. The van der Waals surface area contributed by atoms with Gasteiger partial charge in [0.1, 0.15) is 0 Å². The van der Waals surface area contributed by atoms with Crippen LogP contribution in [0.5, 0.6) is 0 Å². The molecule has 2 aromatic rings. The minimum atomic E-state index is -0.256. The van der Waals surface area contributed by atoms with Crippen LogP contribution in [0.4, 0.5) is 0 Å². The lowest BCUT2D eigenvalue weighted by atomic mass is 9.91. The molecule has 0 saturated heterocycles. The van der Waals surface area contributed by atoms with E-state index in [-0.39, 0.29) is 11.4 Å². The van der Waals surface area contributed by atoms with Gasteiger partial charge in [-0.25, -0.2) is 0 Å². The van der Waals surface area contributed by atoms with E-state index in [0.717, 1.165) is 36.8 Å². The van der Waals surface area contributed by atoms with Crippen LogP contribution in [0.15, 0.2) is 36.7 Å². The molecule has 1 atom stereocenters. The van der Waals surface area contributed by atoms with Crippen molar-refractivity contribution >= 4 is 5.91 Å². The first kappa shape index (κ1) is 18.6. The Hall–Kier alpha value is -2.20. The van der Waals surface area contributed by atoms with E-state index >= 15 is 0 Å². The molecule has 1 unspecified atom stereocenters. The highest BCUT2D eigenvalue weighted by molar-refractivity contribution is 5.98. The molecule has 26 heavy (non-hydrogen) atoms. The van der Waals surface area contributed by atoms with Crippen molar-refractivity contribution in [1.82, 2.24) is 9.88 Å². The van der Waals surface area contributed by atoms with Crippen molar-refractivity contribution in [3.8, 4) is 0 Å². The average Bonchev–Trinajstić information content (AvgIpc) is 2.90. The Morgan fingerprint density at radius 1 is 1.15 bits per heavy atom. The van der Waals surface area contributed by atoms with Crippen molar-refractivity contribution in [3.63, 3.8) is 0 Å². The molecule has 138 valence electrons. The second-order valence-electron chi connectivity index (χ2n) is 7.93. The van der Waals surface area contributed by atoms with E-state index in [4.69, 9.17) is 5.73 Å². The SMILES string of the molecule is Cc1cc2c(cc1C)C(=O)N(CCC(C)(N)CCCc1ccncc1)C2. The quantitative estimate of drug-likeness (QED) is 0.826. The molecule has 2 N–H and O–H groups in total. The number of amides is 1. The van der Waals surface area contributed by atoms with Gasteiger partial charge in [-0.3, -0.25) is 9.78 Å². The molecule has 2 heterocycles. The Morgan fingerprint density at radius 2 is 1.85 bits per heavy atom. The number of hydrogen-bond acceptors (Lipinski definition) is 3. The average molecular weight is 351 g/mol. The van der Waals surface area contributed by atoms with Crippen LogP contribution < -0.4 is 5.73 Å². The first-order valence-corrected chi connectivity index (χ1v) is 9.43. The summed E-state index contributed by atoms with van der Waals surface area (Å²) in [6, 6.07) is 8.29. The van der Waals surface area contributed by atoms with Crippen LogP contribution >= 0.6 is 0 Å². The third-order valence-electron chi connectivity index (χ3n) is 5.51. The first-order valence-electron chi connectivity index (χ1n) is 9.43. The third-order valence-corrected chi connectivity index (χ3v) is 5.51. The van der Waals surface area contributed by atoms with Crippen LogP contribution in [-0.2, 0) is 13.0 Å². The lowest BCUT2D eigenvalue weighted by Gasteiger charge is -2.27. The van der Waals surface area contributed by atoms with Crippen LogP contribution in [0.2, 0.25) is 0 Å². The van der Waals surface area contributed by atoms with Crippen LogP contribution in [0.1, 0.15) is 58.8 Å². The molecule has 1 amide bonds. The van der Waals surface area contributed by atoms with E-state index in [2.05, 4.69) is 44.0 Å². The fourth-order valence-corrected chi connectivity index (χ4v) is 3.60. The summed E-state index contributed by atoms with van der Waals surface area (Å²) in [6.45, 7) is 7.69. The molecule has 4 heteroatoms. The summed E-state index contributed by atoms with van der Waals surface area (Å²) in [7, 11) is 0. The monoisotopic (exact) mass is 351 g/mol. The maximum absolute atomic E-state index is 12.7. The summed E-state index contributed by atoms with van der Waals surface area (Å²) in [5.74, 6) is 0.149. The number of aromatic nitrogens is 1. The van der Waals surface area contributed by atoms with Gasteiger partial charge in [0.05, 0.1) is 0 Å². The molecule has 0 aliphatic carbocycles. The summed E-state index contributed by atoms with van der Waals surface area (Å²) in [6.07, 6.45) is 7.49. The van der Waals surface area contributed by atoms with Crippen LogP contribution in [0.25, 0.3) is 0 Å². The van der Waals surface area contributed by atoms with Gasteiger partial charge in [-0.05, 0) is 86.9 Å². The van der Waals surface area contributed by atoms with Gasteiger partial charge in [0.2, 0.25) is 0 Å². The Labute approximate surface area is 156 Å².